The van der Waals surface area contributed by atoms with E-state index in [0.717, 1.165) is 18.4 Å². The molecule has 134 valence electrons. The molecule has 0 unspecified atom stereocenters. The summed E-state index contributed by atoms with van der Waals surface area (Å²) < 4.78 is 0. The number of rotatable bonds is 6. The van der Waals surface area contributed by atoms with E-state index in [1.54, 1.807) is 24.3 Å². The normalized spacial score (nSPS) is 13.1. The lowest BCUT2D eigenvalue weighted by molar-refractivity contribution is -0.384. The molecule has 1 aliphatic carbocycles. The molecule has 0 bridgehead atoms. The van der Waals surface area contributed by atoms with Crippen molar-refractivity contribution >= 4 is 34.8 Å². The first kappa shape index (κ1) is 17.9. The summed E-state index contributed by atoms with van der Waals surface area (Å²) in [5.74, 6) is -0.171. The molecule has 1 fully saturated rings. The summed E-state index contributed by atoms with van der Waals surface area (Å²) in [5, 5.41) is 16.4. The van der Waals surface area contributed by atoms with Crippen LogP contribution in [0.15, 0.2) is 42.5 Å². The van der Waals surface area contributed by atoms with Crippen molar-refractivity contribution in [1.82, 2.24) is 5.32 Å². The van der Waals surface area contributed by atoms with Gasteiger partial charge < -0.3 is 10.6 Å². The van der Waals surface area contributed by atoms with E-state index in [0.29, 0.717) is 12.1 Å². The van der Waals surface area contributed by atoms with E-state index < -0.39 is 10.8 Å². The smallest absolute Gasteiger partial charge is 0.289 e. The second kappa shape index (κ2) is 7.53. The van der Waals surface area contributed by atoms with E-state index >= 15 is 0 Å². The van der Waals surface area contributed by atoms with Gasteiger partial charge in [-0.2, -0.15) is 0 Å². The van der Waals surface area contributed by atoms with Gasteiger partial charge in [-0.1, -0.05) is 23.7 Å². The number of hydrogen-bond donors (Lipinski definition) is 2. The number of carbonyl (C=O) groups excluding carboxylic acids is 2. The highest BCUT2D eigenvalue weighted by atomic mass is 35.5. The topological polar surface area (TPSA) is 101 Å². The predicted octanol–water partition coefficient (Wildman–Crippen LogP) is 3.53. The van der Waals surface area contributed by atoms with E-state index in [1.165, 1.54) is 18.2 Å². The Balaban J connectivity index is 1.61. The Hall–Kier alpha value is -2.93. The van der Waals surface area contributed by atoms with Crippen molar-refractivity contribution < 1.29 is 14.5 Å². The Morgan fingerprint density at radius 3 is 2.46 bits per heavy atom. The van der Waals surface area contributed by atoms with Crippen molar-refractivity contribution in [3.05, 3.63) is 68.7 Å². The Morgan fingerprint density at radius 2 is 1.85 bits per heavy atom. The lowest BCUT2D eigenvalue weighted by atomic mass is 10.1. The van der Waals surface area contributed by atoms with Gasteiger partial charge in [0.05, 0.1) is 4.92 Å². The van der Waals surface area contributed by atoms with Crippen molar-refractivity contribution in [2.75, 3.05) is 5.32 Å². The molecule has 1 aliphatic rings. The zero-order chi connectivity index (χ0) is 18.7. The van der Waals surface area contributed by atoms with E-state index in [1.807, 2.05) is 0 Å². The molecule has 0 radical (unpaired) electrons. The van der Waals surface area contributed by atoms with E-state index in [9.17, 15) is 19.7 Å². The molecule has 2 aromatic carbocycles. The third-order valence-corrected chi connectivity index (χ3v) is 4.35. The number of halogens is 1. The molecule has 2 aromatic rings. The van der Waals surface area contributed by atoms with E-state index in [2.05, 4.69) is 10.6 Å². The molecule has 0 spiro atoms. The predicted molar refractivity (Wildman–Crippen MR) is 97.1 cm³/mol. The lowest BCUT2D eigenvalue weighted by Gasteiger charge is -2.08. The molecule has 2 N–H and O–H groups in total. The first-order valence-electron chi connectivity index (χ1n) is 8.06. The third-order valence-electron chi connectivity index (χ3n) is 4.03. The van der Waals surface area contributed by atoms with Gasteiger partial charge in [0.1, 0.15) is 5.02 Å². The maximum absolute atomic E-state index is 12.3. The summed E-state index contributed by atoms with van der Waals surface area (Å²) in [6.45, 7) is 0.417. The second-order valence-corrected chi connectivity index (χ2v) is 6.47. The quantitative estimate of drug-likeness (QED) is 0.597. The van der Waals surface area contributed by atoms with Crippen LogP contribution in [0.2, 0.25) is 5.02 Å². The molecule has 0 saturated heterocycles. The minimum atomic E-state index is -0.608. The summed E-state index contributed by atoms with van der Waals surface area (Å²) in [6.07, 6.45) is 1.90. The van der Waals surface area contributed by atoms with Gasteiger partial charge in [0.25, 0.3) is 11.6 Å². The molecular formula is C18H16ClN3O4. The highest BCUT2D eigenvalue weighted by Gasteiger charge is 2.29. The van der Waals surface area contributed by atoms with Crippen molar-refractivity contribution in [1.29, 1.82) is 0 Å². The maximum atomic E-state index is 12.3. The summed E-state index contributed by atoms with van der Waals surface area (Å²) in [4.78, 5) is 34.2. The molecule has 2 amide bonds. The molecule has 1 saturated carbocycles. The zero-order valence-electron chi connectivity index (χ0n) is 13.7. The van der Waals surface area contributed by atoms with Crippen LogP contribution in [0, 0.1) is 16.0 Å². The Labute approximate surface area is 154 Å². The maximum Gasteiger partial charge on any atom is 0.289 e. The standard InChI is InChI=1S/C18H16ClN3O4/c19-15-8-7-14(9-16(15)22(25)26)21-18(24)13-3-1-11(2-4-13)10-20-17(23)12-5-6-12/h1-4,7-9,12H,5-6,10H2,(H,20,23)(H,21,24). The van der Waals surface area contributed by atoms with Gasteiger partial charge in [-0.15, -0.1) is 0 Å². The number of amides is 2. The first-order chi connectivity index (χ1) is 12.4. The van der Waals surface area contributed by atoms with Crippen LogP contribution in [0.1, 0.15) is 28.8 Å². The van der Waals surface area contributed by atoms with Gasteiger partial charge in [-0.25, -0.2) is 0 Å². The highest BCUT2D eigenvalue weighted by Crippen LogP contribution is 2.29. The van der Waals surface area contributed by atoms with Crippen LogP contribution >= 0.6 is 11.6 Å². The largest absolute Gasteiger partial charge is 0.352 e. The number of anilines is 1. The highest BCUT2D eigenvalue weighted by molar-refractivity contribution is 6.32. The van der Waals surface area contributed by atoms with Crippen LogP contribution in [-0.4, -0.2) is 16.7 Å². The van der Waals surface area contributed by atoms with Crippen molar-refractivity contribution in [3.8, 4) is 0 Å². The number of hydrogen-bond acceptors (Lipinski definition) is 4. The van der Waals surface area contributed by atoms with Gasteiger partial charge in [0, 0.05) is 29.8 Å². The number of nitrogens with one attached hydrogen (secondary N) is 2. The summed E-state index contributed by atoms with van der Waals surface area (Å²) in [7, 11) is 0. The van der Waals surface area contributed by atoms with Crippen LogP contribution in [0.25, 0.3) is 0 Å². The van der Waals surface area contributed by atoms with Crippen LogP contribution in [0.3, 0.4) is 0 Å². The number of carbonyl (C=O) groups is 2. The van der Waals surface area contributed by atoms with Gasteiger partial charge in [0.2, 0.25) is 5.91 Å². The first-order valence-corrected chi connectivity index (χ1v) is 8.44. The Kier molecular flexibility index (Phi) is 5.18. The van der Waals surface area contributed by atoms with Gasteiger partial charge >= 0.3 is 0 Å². The fourth-order valence-corrected chi connectivity index (χ4v) is 2.57. The molecule has 7 nitrogen and oxygen atoms in total. The average molecular weight is 374 g/mol. The second-order valence-electron chi connectivity index (χ2n) is 6.07. The molecule has 26 heavy (non-hydrogen) atoms. The fraction of sp³-hybridized carbons (Fsp3) is 0.222. The molecule has 0 aromatic heterocycles. The zero-order valence-corrected chi connectivity index (χ0v) is 14.5. The van der Waals surface area contributed by atoms with Gasteiger partial charge in [-0.05, 0) is 42.7 Å². The van der Waals surface area contributed by atoms with Gasteiger partial charge in [-0.3, -0.25) is 19.7 Å². The lowest BCUT2D eigenvalue weighted by Crippen LogP contribution is -2.24. The van der Waals surface area contributed by atoms with Crippen molar-refractivity contribution in [2.45, 2.75) is 19.4 Å². The minimum absolute atomic E-state index is 0.00518. The SMILES string of the molecule is O=C(Nc1ccc(Cl)c([N+](=O)[O-])c1)c1ccc(CNC(=O)C2CC2)cc1. The van der Waals surface area contributed by atoms with Crippen LogP contribution < -0.4 is 10.6 Å². The summed E-state index contributed by atoms with van der Waals surface area (Å²) >= 11 is 5.75. The van der Waals surface area contributed by atoms with Crippen molar-refractivity contribution in [2.24, 2.45) is 5.92 Å². The summed E-state index contributed by atoms with van der Waals surface area (Å²) in [6, 6.07) is 10.9. The van der Waals surface area contributed by atoms with Crippen LogP contribution in [-0.2, 0) is 11.3 Å². The van der Waals surface area contributed by atoms with E-state index in [-0.39, 0.29) is 28.2 Å². The number of nitro benzene ring substituents is 1. The fourth-order valence-electron chi connectivity index (χ4n) is 2.39. The molecular weight excluding hydrogens is 358 g/mol. The number of benzene rings is 2. The molecule has 3 rings (SSSR count). The Morgan fingerprint density at radius 1 is 1.15 bits per heavy atom. The van der Waals surface area contributed by atoms with Crippen LogP contribution in [0.5, 0.6) is 0 Å². The van der Waals surface area contributed by atoms with Crippen LogP contribution in [0.4, 0.5) is 11.4 Å². The Bertz CT molecular complexity index is 863. The molecule has 0 heterocycles. The van der Waals surface area contributed by atoms with Crippen molar-refractivity contribution in [3.63, 3.8) is 0 Å². The summed E-state index contributed by atoms with van der Waals surface area (Å²) in [5.41, 5.74) is 1.30. The minimum Gasteiger partial charge on any atom is -0.352 e. The molecule has 0 aliphatic heterocycles. The van der Waals surface area contributed by atoms with E-state index in [4.69, 9.17) is 11.6 Å². The molecule has 0 atom stereocenters. The van der Waals surface area contributed by atoms with Gasteiger partial charge in [0.15, 0.2) is 0 Å². The number of nitro groups is 1. The average Bonchev–Trinajstić information content (AvgIpc) is 3.46. The monoisotopic (exact) mass is 373 g/mol. The number of nitrogens with zero attached hydrogens (tertiary/aromatic N) is 1. The molecule has 8 heteroatoms. The third kappa shape index (κ3) is 4.37.